The Labute approximate surface area is 108 Å². The third kappa shape index (κ3) is 2.51. The second-order valence-corrected chi connectivity index (χ2v) is 4.67. The monoisotopic (exact) mass is 242 g/mol. The Kier molecular flexibility index (Phi) is 3.63. The lowest BCUT2D eigenvalue weighted by molar-refractivity contribution is 0.224. The van der Waals surface area contributed by atoms with Crippen LogP contribution in [0.1, 0.15) is 18.1 Å². The fourth-order valence-electron chi connectivity index (χ4n) is 1.93. The van der Waals surface area contributed by atoms with Crippen LogP contribution in [0.3, 0.4) is 0 Å². The maximum absolute atomic E-state index is 9.71. The maximum Gasteiger partial charge on any atom is 0.0829 e. The molecule has 0 aliphatic heterocycles. The largest absolute Gasteiger partial charge is 0.394 e. The summed E-state index contributed by atoms with van der Waals surface area (Å²) in [5, 5.41) is 13.1. The Bertz CT molecular complexity index is 513. The van der Waals surface area contributed by atoms with Crippen LogP contribution < -0.4 is 5.32 Å². The van der Waals surface area contributed by atoms with Gasteiger partial charge in [0.15, 0.2) is 0 Å². The molecule has 0 fully saturated rings. The number of aliphatic hydroxyl groups excluding tert-OH is 1. The first-order valence-electron chi connectivity index (χ1n) is 6.01. The average molecular weight is 242 g/mol. The lowest BCUT2D eigenvalue weighted by Crippen LogP contribution is -2.36. The Morgan fingerprint density at radius 1 is 1.17 bits per heavy atom. The Morgan fingerprint density at radius 2 is 1.83 bits per heavy atom. The first-order chi connectivity index (χ1) is 8.65. The van der Waals surface area contributed by atoms with Gasteiger partial charge in [-0.15, -0.1) is 0 Å². The second kappa shape index (κ2) is 5.19. The van der Waals surface area contributed by atoms with Gasteiger partial charge in [0.25, 0.3) is 0 Å². The highest BCUT2D eigenvalue weighted by atomic mass is 16.3. The molecule has 0 aliphatic rings. The van der Waals surface area contributed by atoms with Gasteiger partial charge in [-0.1, -0.05) is 18.2 Å². The highest BCUT2D eigenvalue weighted by Crippen LogP contribution is 2.26. The number of hydrogen-bond donors (Lipinski definition) is 2. The highest BCUT2D eigenvalue weighted by molar-refractivity contribution is 5.53. The van der Waals surface area contributed by atoms with Crippen molar-refractivity contribution < 1.29 is 5.11 Å². The molecule has 94 valence electrons. The molecular formula is C15H18N2O. The van der Waals surface area contributed by atoms with Gasteiger partial charge in [0.05, 0.1) is 12.1 Å². The molecule has 0 amide bonds. The van der Waals surface area contributed by atoms with E-state index in [1.807, 2.05) is 50.2 Å². The number of para-hydroxylation sites is 1. The van der Waals surface area contributed by atoms with E-state index in [0.29, 0.717) is 0 Å². The van der Waals surface area contributed by atoms with E-state index in [2.05, 4.69) is 10.3 Å². The number of anilines is 1. The number of nitrogens with one attached hydrogen (secondary N) is 1. The summed E-state index contributed by atoms with van der Waals surface area (Å²) in [7, 11) is 0. The minimum absolute atomic E-state index is 0.0192. The van der Waals surface area contributed by atoms with Crippen LogP contribution in [0.15, 0.2) is 48.8 Å². The van der Waals surface area contributed by atoms with Crippen molar-refractivity contribution in [3.05, 3.63) is 59.9 Å². The van der Waals surface area contributed by atoms with Crippen LogP contribution in [0.4, 0.5) is 5.69 Å². The van der Waals surface area contributed by atoms with Crippen molar-refractivity contribution in [3.8, 4) is 0 Å². The minimum Gasteiger partial charge on any atom is -0.394 e. The summed E-state index contributed by atoms with van der Waals surface area (Å²) in [6.45, 7) is 4.05. The summed E-state index contributed by atoms with van der Waals surface area (Å²) in [5.74, 6) is 0. The maximum atomic E-state index is 9.71. The Balaban J connectivity index is 2.32. The third-order valence-electron chi connectivity index (χ3n) is 3.19. The molecule has 2 aromatic rings. The number of aliphatic hydroxyl groups is 1. The highest BCUT2D eigenvalue weighted by Gasteiger charge is 2.25. The van der Waals surface area contributed by atoms with Gasteiger partial charge in [-0.3, -0.25) is 4.98 Å². The van der Waals surface area contributed by atoms with Crippen LogP contribution in [0.2, 0.25) is 0 Å². The molecule has 1 heterocycles. The SMILES string of the molecule is Cc1ccccc1NC(C)(CO)c1ccncc1. The fraction of sp³-hybridized carbons (Fsp3) is 0.267. The molecule has 1 unspecified atom stereocenters. The van der Waals surface area contributed by atoms with Gasteiger partial charge >= 0.3 is 0 Å². The molecule has 0 saturated heterocycles. The van der Waals surface area contributed by atoms with E-state index in [9.17, 15) is 5.11 Å². The first kappa shape index (κ1) is 12.6. The van der Waals surface area contributed by atoms with Crippen molar-refractivity contribution in [1.29, 1.82) is 0 Å². The molecule has 0 aliphatic carbocycles. The van der Waals surface area contributed by atoms with Gasteiger partial charge in [-0.2, -0.15) is 0 Å². The molecule has 0 saturated carbocycles. The van der Waals surface area contributed by atoms with Gasteiger partial charge in [0, 0.05) is 18.1 Å². The van der Waals surface area contributed by atoms with Crippen LogP contribution in [0.25, 0.3) is 0 Å². The zero-order chi connectivity index (χ0) is 13.0. The van der Waals surface area contributed by atoms with E-state index in [0.717, 1.165) is 16.8 Å². The van der Waals surface area contributed by atoms with Crippen molar-refractivity contribution >= 4 is 5.69 Å². The molecule has 0 spiro atoms. The first-order valence-corrected chi connectivity index (χ1v) is 6.01. The molecule has 3 heteroatoms. The van der Waals surface area contributed by atoms with Gasteiger partial charge in [0.1, 0.15) is 0 Å². The van der Waals surface area contributed by atoms with Crippen molar-refractivity contribution in [2.75, 3.05) is 11.9 Å². The third-order valence-corrected chi connectivity index (χ3v) is 3.19. The van der Waals surface area contributed by atoms with Crippen LogP contribution in [0.5, 0.6) is 0 Å². The molecule has 1 atom stereocenters. The van der Waals surface area contributed by atoms with E-state index in [1.54, 1.807) is 12.4 Å². The molecule has 0 bridgehead atoms. The van der Waals surface area contributed by atoms with Crippen LogP contribution >= 0.6 is 0 Å². The summed E-state index contributed by atoms with van der Waals surface area (Å²) in [6.07, 6.45) is 3.48. The van der Waals surface area contributed by atoms with E-state index in [4.69, 9.17) is 0 Å². The zero-order valence-corrected chi connectivity index (χ0v) is 10.7. The quantitative estimate of drug-likeness (QED) is 0.866. The lowest BCUT2D eigenvalue weighted by Gasteiger charge is -2.31. The number of aromatic nitrogens is 1. The zero-order valence-electron chi connectivity index (χ0n) is 10.7. The molecule has 2 N–H and O–H groups in total. The van der Waals surface area contributed by atoms with Gasteiger partial charge in [-0.25, -0.2) is 0 Å². The predicted octanol–water partition coefficient (Wildman–Crippen LogP) is 2.71. The van der Waals surface area contributed by atoms with Gasteiger partial charge in [0.2, 0.25) is 0 Å². The van der Waals surface area contributed by atoms with E-state index in [1.165, 1.54) is 0 Å². The topological polar surface area (TPSA) is 45.1 Å². The van der Waals surface area contributed by atoms with Crippen molar-refractivity contribution in [1.82, 2.24) is 4.98 Å². The van der Waals surface area contributed by atoms with Gasteiger partial charge in [-0.05, 0) is 43.2 Å². The number of benzene rings is 1. The smallest absolute Gasteiger partial charge is 0.0829 e. The predicted molar refractivity (Wildman–Crippen MR) is 73.5 cm³/mol. The summed E-state index contributed by atoms with van der Waals surface area (Å²) in [5.41, 5.74) is 2.70. The average Bonchev–Trinajstić information content (AvgIpc) is 2.42. The van der Waals surface area contributed by atoms with E-state index in [-0.39, 0.29) is 6.61 Å². The van der Waals surface area contributed by atoms with Crippen LogP contribution in [-0.2, 0) is 5.54 Å². The molecule has 2 rings (SSSR count). The normalized spacial score (nSPS) is 13.9. The number of nitrogens with zero attached hydrogens (tertiary/aromatic N) is 1. The Morgan fingerprint density at radius 3 is 2.44 bits per heavy atom. The number of aryl methyl sites for hydroxylation is 1. The Hall–Kier alpha value is -1.87. The molecule has 1 aromatic heterocycles. The molecular weight excluding hydrogens is 224 g/mol. The summed E-state index contributed by atoms with van der Waals surface area (Å²) in [4.78, 5) is 4.01. The number of rotatable bonds is 4. The number of hydrogen-bond acceptors (Lipinski definition) is 3. The standard InChI is InChI=1S/C15H18N2O/c1-12-5-3-4-6-14(12)17-15(2,11-18)13-7-9-16-10-8-13/h3-10,17-18H,11H2,1-2H3. The van der Waals surface area contributed by atoms with Crippen molar-refractivity contribution in [3.63, 3.8) is 0 Å². The van der Waals surface area contributed by atoms with Crippen molar-refractivity contribution in [2.24, 2.45) is 0 Å². The molecule has 3 nitrogen and oxygen atoms in total. The lowest BCUT2D eigenvalue weighted by atomic mass is 9.93. The van der Waals surface area contributed by atoms with E-state index < -0.39 is 5.54 Å². The molecule has 1 aromatic carbocycles. The van der Waals surface area contributed by atoms with Crippen LogP contribution in [-0.4, -0.2) is 16.7 Å². The summed E-state index contributed by atoms with van der Waals surface area (Å²) < 4.78 is 0. The summed E-state index contributed by atoms with van der Waals surface area (Å²) in [6, 6.07) is 11.9. The minimum atomic E-state index is -0.505. The molecule has 18 heavy (non-hydrogen) atoms. The summed E-state index contributed by atoms with van der Waals surface area (Å²) >= 11 is 0. The fourth-order valence-corrected chi connectivity index (χ4v) is 1.93. The van der Waals surface area contributed by atoms with Crippen LogP contribution in [0, 0.1) is 6.92 Å². The van der Waals surface area contributed by atoms with E-state index >= 15 is 0 Å². The second-order valence-electron chi connectivity index (χ2n) is 4.67. The molecule has 0 radical (unpaired) electrons. The van der Waals surface area contributed by atoms with Gasteiger partial charge < -0.3 is 10.4 Å². The van der Waals surface area contributed by atoms with Crippen molar-refractivity contribution in [2.45, 2.75) is 19.4 Å². The number of pyridine rings is 1.